The Kier molecular flexibility index (Phi) is 5.76. The lowest BCUT2D eigenvalue weighted by atomic mass is 10.1. The Bertz CT molecular complexity index is 690. The number of likely N-dealkylation sites (tertiary alicyclic amines) is 1. The lowest BCUT2D eigenvalue weighted by Crippen LogP contribution is -2.53. The third kappa shape index (κ3) is 5.05. The molecular weight excluding hydrogens is 363 g/mol. The number of carbonyl (C=O) groups excluding carboxylic acids is 2. The van der Waals surface area contributed by atoms with E-state index in [0.29, 0.717) is 24.5 Å². The molecule has 0 radical (unpaired) electrons. The van der Waals surface area contributed by atoms with Crippen molar-refractivity contribution in [2.45, 2.75) is 31.5 Å². The van der Waals surface area contributed by atoms with Crippen molar-refractivity contribution in [3.63, 3.8) is 0 Å². The number of anilines is 1. The molecular formula is C18H22F3N3O3. The lowest BCUT2D eigenvalue weighted by Gasteiger charge is -2.38. The van der Waals surface area contributed by atoms with Crippen LogP contribution in [-0.2, 0) is 9.59 Å². The molecule has 6 nitrogen and oxygen atoms in total. The molecule has 1 saturated heterocycles. The molecule has 1 aromatic carbocycles. The van der Waals surface area contributed by atoms with Gasteiger partial charge in [0.25, 0.3) is 5.91 Å². The van der Waals surface area contributed by atoms with Crippen molar-refractivity contribution in [1.82, 2.24) is 10.2 Å². The van der Waals surface area contributed by atoms with E-state index in [4.69, 9.17) is 4.74 Å². The maximum absolute atomic E-state index is 12.8. The highest BCUT2D eigenvalue weighted by molar-refractivity contribution is 5.86. The molecule has 27 heavy (non-hydrogen) atoms. The molecule has 1 aromatic rings. The number of carbonyl (C=O) groups is 2. The van der Waals surface area contributed by atoms with Crippen LogP contribution in [0.1, 0.15) is 19.3 Å². The smallest absolute Gasteiger partial charge is 0.405 e. The summed E-state index contributed by atoms with van der Waals surface area (Å²) in [6.45, 7) is -0.196. The highest BCUT2D eigenvalue weighted by atomic mass is 19.4. The third-order valence-electron chi connectivity index (χ3n) is 4.63. The van der Waals surface area contributed by atoms with Crippen molar-refractivity contribution in [2.75, 3.05) is 37.6 Å². The molecule has 0 bridgehead atoms. The van der Waals surface area contributed by atoms with E-state index in [0.717, 1.165) is 19.3 Å². The zero-order valence-corrected chi connectivity index (χ0v) is 14.8. The predicted octanol–water partition coefficient (Wildman–Crippen LogP) is 1.94. The monoisotopic (exact) mass is 385 g/mol. The first kappa shape index (κ1) is 19.3. The molecule has 9 heteroatoms. The number of ether oxygens (including phenoxy) is 1. The quantitative estimate of drug-likeness (QED) is 0.861. The van der Waals surface area contributed by atoms with Gasteiger partial charge in [0.05, 0.1) is 18.8 Å². The van der Waals surface area contributed by atoms with Gasteiger partial charge in [0.15, 0.2) is 6.10 Å². The number of nitrogens with one attached hydrogen (secondary N) is 1. The zero-order chi connectivity index (χ0) is 19.4. The second-order valence-corrected chi connectivity index (χ2v) is 6.73. The SMILES string of the molecule is O=C(CN1C[C@H](C(=O)N2CCCCC2)Oc2ccccc21)NCC(F)(F)F. The van der Waals surface area contributed by atoms with Crippen molar-refractivity contribution in [3.8, 4) is 5.75 Å². The topological polar surface area (TPSA) is 61.9 Å². The number of para-hydroxylation sites is 2. The summed E-state index contributed by atoms with van der Waals surface area (Å²) in [5.74, 6) is -0.458. The fraction of sp³-hybridized carbons (Fsp3) is 0.556. The van der Waals surface area contributed by atoms with Gasteiger partial charge in [-0.2, -0.15) is 13.2 Å². The molecule has 0 spiro atoms. The van der Waals surface area contributed by atoms with Gasteiger partial charge in [-0.25, -0.2) is 0 Å². The van der Waals surface area contributed by atoms with Gasteiger partial charge in [0, 0.05) is 13.1 Å². The van der Waals surface area contributed by atoms with Gasteiger partial charge in [0.1, 0.15) is 12.3 Å². The van der Waals surface area contributed by atoms with Gasteiger partial charge in [-0.05, 0) is 31.4 Å². The maximum Gasteiger partial charge on any atom is 0.405 e. The van der Waals surface area contributed by atoms with Crippen LogP contribution in [0.2, 0.25) is 0 Å². The number of hydrogen-bond donors (Lipinski definition) is 1. The molecule has 3 rings (SSSR count). The molecule has 2 aliphatic heterocycles. The summed E-state index contributed by atoms with van der Waals surface area (Å²) in [5.41, 5.74) is 0.586. The summed E-state index contributed by atoms with van der Waals surface area (Å²) in [6.07, 6.45) is -2.28. The van der Waals surface area contributed by atoms with E-state index in [1.54, 1.807) is 34.1 Å². The highest BCUT2D eigenvalue weighted by Crippen LogP contribution is 2.33. The van der Waals surface area contributed by atoms with E-state index in [-0.39, 0.29) is 19.0 Å². The normalized spacial score (nSPS) is 19.9. The van der Waals surface area contributed by atoms with Crippen LogP contribution in [0.4, 0.5) is 18.9 Å². The summed E-state index contributed by atoms with van der Waals surface area (Å²) in [7, 11) is 0. The summed E-state index contributed by atoms with van der Waals surface area (Å²) < 4.78 is 42.8. The number of hydrogen-bond acceptors (Lipinski definition) is 4. The van der Waals surface area contributed by atoms with Gasteiger partial charge in [0.2, 0.25) is 5.91 Å². The van der Waals surface area contributed by atoms with E-state index < -0.39 is 24.7 Å². The Morgan fingerprint density at radius 1 is 1.15 bits per heavy atom. The first-order valence-corrected chi connectivity index (χ1v) is 8.96. The Hall–Kier alpha value is -2.45. The Labute approximate surface area is 155 Å². The third-order valence-corrected chi connectivity index (χ3v) is 4.63. The summed E-state index contributed by atoms with van der Waals surface area (Å²) in [5, 5.41) is 1.87. The highest BCUT2D eigenvalue weighted by Gasteiger charge is 2.35. The number of alkyl halides is 3. The molecule has 1 atom stereocenters. The van der Waals surface area contributed by atoms with Crippen LogP contribution >= 0.6 is 0 Å². The number of rotatable bonds is 4. The van der Waals surface area contributed by atoms with Crippen LogP contribution in [0.5, 0.6) is 5.75 Å². The molecule has 0 saturated carbocycles. The minimum atomic E-state index is -4.47. The number of fused-ring (bicyclic) bond motifs is 1. The predicted molar refractivity (Wildman–Crippen MR) is 92.6 cm³/mol. The standard InChI is InChI=1S/C18H22F3N3O3/c19-18(20,21)12-22-16(25)11-24-10-15(17(26)23-8-4-1-5-9-23)27-14-7-3-2-6-13(14)24/h2-3,6-7,15H,1,4-5,8-12H2,(H,22,25)/t15-/m1/s1. The summed E-state index contributed by atoms with van der Waals surface area (Å²) in [6, 6.07) is 6.89. The number of halogens is 3. The fourth-order valence-electron chi connectivity index (χ4n) is 3.33. The van der Waals surface area contributed by atoms with Gasteiger partial charge < -0.3 is 19.9 Å². The summed E-state index contributed by atoms with van der Waals surface area (Å²) in [4.78, 5) is 28.1. The van der Waals surface area contributed by atoms with E-state index >= 15 is 0 Å². The lowest BCUT2D eigenvalue weighted by molar-refractivity contribution is -0.140. The first-order chi connectivity index (χ1) is 12.8. The van der Waals surface area contributed by atoms with Gasteiger partial charge >= 0.3 is 6.18 Å². The minimum Gasteiger partial charge on any atom is -0.477 e. The fourth-order valence-corrected chi connectivity index (χ4v) is 3.33. The molecule has 1 N–H and O–H groups in total. The van der Waals surface area contributed by atoms with Crippen LogP contribution in [0, 0.1) is 0 Å². The van der Waals surface area contributed by atoms with E-state index in [2.05, 4.69) is 0 Å². The zero-order valence-electron chi connectivity index (χ0n) is 14.8. The van der Waals surface area contributed by atoms with Crippen LogP contribution in [-0.4, -0.2) is 61.7 Å². The molecule has 0 aromatic heterocycles. The maximum atomic E-state index is 12.8. The van der Waals surface area contributed by atoms with Crippen molar-refractivity contribution in [2.24, 2.45) is 0 Å². The van der Waals surface area contributed by atoms with Gasteiger partial charge in [-0.15, -0.1) is 0 Å². The second kappa shape index (κ2) is 8.06. The minimum absolute atomic E-state index is 0.117. The van der Waals surface area contributed by atoms with E-state index in [9.17, 15) is 22.8 Å². The number of nitrogens with zero attached hydrogens (tertiary/aromatic N) is 2. The Morgan fingerprint density at radius 2 is 1.85 bits per heavy atom. The molecule has 0 unspecified atom stereocenters. The molecule has 148 valence electrons. The van der Waals surface area contributed by atoms with E-state index in [1.165, 1.54) is 0 Å². The molecule has 1 fully saturated rings. The van der Waals surface area contributed by atoms with Gasteiger partial charge in [-0.1, -0.05) is 12.1 Å². The van der Waals surface area contributed by atoms with Gasteiger partial charge in [-0.3, -0.25) is 9.59 Å². The molecule has 0 aliphatic carbocycles. The van der Waals surface area contributed by atoms with Crippen LogP contribution < -0.4 is 15.0 Å². The van der Waals surface area contributed by atoms with Crippen molar-refractivity contribution in [1.29, 1.82) is 0 Å². The Morgan fingerprint density at radius 3 is 2.56 bits per heavy atom. The Balaban J connectivity index is 1.70. The number of benzene rings is 1. The largest absolute Gasteiger partial charge is 0.477 e. The van der Waals surface area contributed by atoms with Crippen molar-refractivity contribution < 1.29 is 27.5 Å². The molecule has 2 aliphatic rings. The number of amides is 2. The van der Waals surface area contributed by atoms with Crippen molar-refractivity contribution >= 4 is 17.5 Å². The van der Waals surface area contributed by atoms with Crippen LogP contribution in [0.25, 0.3) is 0 Å². The van der Waals surface area contributed by atoms with Crippen LogP contribution in [0.3, 0.4) is 0 Å². The second-order valence-electron chi connectivity index (χ2n) is 6.73. The van der Waals surface area contributed by atoms with Crippen molar-refractivity contribution in [3.05, 3.63) is 24.3 Å². The van der Waals surface area contributed by atoms with E-state index in [1.807, 2.05) is 5.32 Å². The molecule has 2 amide bonds. The molecule has 2 heterocycles. The summed E-state index contributed by atoms with van der Waals surface area (Å²) >= 11 is 0. The average Bonchev–Trinajstić information content (AvgIpc) is 2.66. The average molecular weight is 385 g/mol. The number of piperidine rings is 1. The van der Waals surface area contributed by atoms with Crippen LogP contribution in [0.15, 0.2) is 24.3 Å². The first-order valence-electron chi connectivity index (χ1n) is 8.96.